The Kier molecular flexibility index (Phi) is 6.81. The number of carbonyl (C=O) groups excluding carboxylic acids is 2. The number of pyridine rings is 1. The highest BCUT2D eigenvalue weighted by atomic mass is 16.5. The standard InChI is InChI=1S/C26H29N3O3/c1-3-6-24(30)32-22-10-7-20(8-11-22)26(31)28-23-12-9-21-15-19(16-27-25(21)18(23)2)17-29-13-4-5-14-29/h7-12,15-16H,3-6,13-14,17H2,1-2H3,(H,28,31). The zero-order valence-corrected chi connectivity index (χ0v) is 18.7. The average Bonchev–Trinajstić information content (AvgIpc) is 3.29. The number of anilines is 1. The summed E-state index contributed by atoms with van der Waals surface area (Å²) < 4.78 is 5.24. The fourth-order valence-electron chi connectivity index (χ4n) is 4.07. The van der Waals surface area contributed by atoms with Crippen LogP contribution in [-0.2, 0) is 11.3 Å². The van der Waals surface area contributed by atoms with Gasteiger partial charge in [-0.3, -0.25) is 19.5 Å². The van der Waals surface area contributed by atoms with Crippen molar-refractivity contribution < 1.29 is 14.3 Å². The molecule has 1 N–H and O–H groups in total. The first-order chi connectivity index (χ1) is 15.5. The largest absolute Gasteiger partial charge is 0.427 e. The Morgan fingerprint density at radius 3 is 2.56 bits per heavy atom. The molecule has 1 aliphatic heterocycles. The molecule has 166 valence electrons. The molecule has 0 spiro atoms. The van der Waals surface area contributed by atoms with Gasteiger partial charge >= 0.3 is 5.97 Å². The average molecular weight is 432 g/mol. The number of fused-ring (bicyclic) bond motifs is 1. The minimum Gasteiger partial charge on any atom is -0.427 e. The Labute approximate surface area is 188 Å². The van der Waals surface area contributed by atoms with E-state index in [4.69, 9.17) is 9.72 Å². The number of carbonyl (C=O) groups is 2. The third-order valence-electron chi connectivity index (χ3n) is 5.82. The van der Waals surface area contributed by atoms with E-state index in [9.17, 15) is 9.59 Å². The molecule has 0 unspecified atom stereocenters. The molecule has 1 aliphatic rings. The van der Waals surface area contributed by atoms with Gasteiger partial charge in [0.05, 0.1) is 5.52 Å². The van der Waals surface area contributed by atoms with Crippen molar-refractivity contribution in [1.82, 2.24) is 9.88 Å². The molecule has 1 saturated heterocycles. The molecule has 0 bridgehead atoms. The molecule has 2 aromatic carbocycles. The number of likely N-dealkylation sites (tertiary alicyclic amines) is 1. The van der Waals surface area contributed by atoms with Crippen LogP contribution < -0.4 is 10.1 Å². The molecule has 1 amide bonds. The Hall–Kier alpha value is -3.25. The van der Waals surface area contributed by atoms with Crippen molar-refractivity contribution in [3.8, 4) is 5.75 Å². The molecule has 6 heteroatoms. The first-order valence-electron chi connectivity index (χ1n) is 11.3. The number of aryl methyl sites for hydroxylation is 1. The van der Waals surface area contributed by atoms with Crippen LogP contribution in [0.4, 0.5) is 5.69 Å². The number of hydrogen-bond acceptors (Lipinski definition) is 5. The highest BCUT2D eigenvalue weighted by Gasteiger charge is 2.14. The summed E-state index contributed by atoms with van der Waals surface area (Å²) >= 11 is 0. The van der Waals surface area contributed by atoms with E-state index in [1.54, 1.807) is 24.3 Å². The number of ether oxygens (including phenoxy) is 1. The van der Waals surface area contributed by atoms with E-state index in [0.717, 1.165) is 48.2 Å². The van der Waals surface area contributed by atoms with E-state index in [2.05, 4.69) is 16.3 Å². The van der Waals surface area contributed by atoms with Crippen LogP contribution in [0.1, 0.15) is 54.1 Å². The molecule has 32 heavy (non-hydrogen) atoms. The molecule has 0 saturated carbocycles. The van der Waals surface area contributed by atoms with Crippen LogP contribution in [0.3, 0.4) is 0 Å². The molecule has 1 fully saturated rings. The zero-order valence-electron chi connectivity index (χ0n) is 18.7. The lowest BCUT2D eigenvalue weighted by Crippen LogP contribution is -2.18. The van der Waals surface area contributed by atoms with Gasteiger partial charge in [-0.25, -0.2) is 0 Å². The maximum atomic E-state index is 12.7. The van der Waals surface area contributed by atoms with E-state index in [1.165, 1.54) is 18.4 Å². The highest BCUT2D eigenvalue weighted by molar-refractivity contribution is 6.06. The second kappa shape index (κ2) is 9.92. The van der Waals surface area contributed by atoms with Gasteiger partial charge < -0.3 is 10.1 Å². The van der Waals surface area contributed by atoms with Gasteiger partial charge in [0.2, 0.25) is 0 Å². The number of benzene rings is 2. The van der Waals surface area contributed by atoms with Crippen LogP contribution in [0.25, 0.3) is 10.9 Å². The fourth-order valence-corrected chi connectivity index (χ4v) is 4.07. The molecule has 0 aliphatic carbocycles. The van der Waals surface area contributed by atoms with Gasteiger partial charge in [-0.05, 0) is 86.8 Å². The Morgan fingerprint density at radius 1 is 1.09 bits per heavy atom. The summed E-state index contributed by atoms with van der Waals surface area (Å²) in [6.07, 6.45) is 5.60. The quantitative estimate of drug-likeness (QED) is 0.416. The summed E-state index contributed by atoms with van der Waals surface area (Å²) in [5.74, 6) is -0.0482. The minimum absolute atomic E-state index is 0.218. The molecule has 0 radical (unpaired) electrons. The van der Waals surface area contributed by atoms with Gasteiger partial charge in [-0.1, -0.05) is 13.0 Å². The monoisotopic (exact) mass is 431 g/mol. The van der Waals surface area contributed by atoms with Crippen molar-refractivity contribution in [2.45, 2.75) is 46.1 Å². The van der Waals surface area contributed by atoms with Crippen molar-refractivity contribution in [2.75, 3.05) is 18.4 Å². The number of aromatic nitrogens is 1. The molecule has 2 heterocycles. The van der Waals surface area contributed by atoms with Gasteiger partial charge in [0.1, 0.15) is 5.75 Å². The van der Waals surface area contributed by atoms with E-state index in [-0.39, 0.29) is 11.9 Å². The summed E-state index contributed by atoms with van der Waals surface area (Å²) in [6.45, 7) is 7.15. The number of rotatable bonds is 7. The van der Waals surface area contributed by atoms with Crippen molar-refractivity contribution >= 4 is 28.5 Å². The third kappa shape index (κ3) is 5.14. The summed E-state index contributed by atoms with van der Waals surface area (Å²) in [5.41, 5.74) is 4.28. The number of esters is 1. The summed E-state index contributed by atoms with van der Waals surface area (Å²) in [6, 6.07) is 12.7. The van der Waals surface area contributed by atoms with Crippen LogP contribution in [0.2, 0.25) is 0 Å². The fraction of sp³-hybridized carbons (Fsp3) is 0.346. The van der Waals surface area contributed by atoms with Gasteiger partial charge in [0.15, 0.2) is 0 Å². The van der Waals surface area contributed by atoms with E-state index < -0.39 is 0 Å². The lowest BCUT2D eigenvalue weighted by Gasteiger charge is -2.15. The molecule has 3 aromatic rings. The summed E-state index contributed by atoms with van der Waals surface area (Å²) in [5, 5.41) is 4.06. The Balaban J connectivity index is 1.45. The molecular formula is C26H29N3O3. The first kappa shape index (κ1) is 22.0. The Morgan fingerprint density at radius 2 is 1.84 bits per heavy atom. The lowest BCUT2D eigenvalue weighted by molar-refractivity contribution is -0.134. The minimum atomic E-state index is -0.271. The van der Waals surface area contributed by atoms with Crippen LogP contribution >= 0.6 is 0 Å². The highest BCUT2D eigenvalue weighted by Crippen LogP contribution is 2.26. The lowest BCUT2D eigenvalue weighted by atomic mass is 10.1. The first-order valence-corrected chi connectivity index (χ1v) is 11.3. The number of nitrogens with zero attached hydrogens (tertiary/aromatic N) is 2. The van der Waals surface area contributed by atoms with E-state index in [1.807, 2.05) is 32.2 Å². The number of nitrogens with one attached hydrogen (secondary N) is 1. The SMILES string of the molecule is CCCC(=O)Oc1ccc(C(=O)Nc2ccc3cc(CN4CCCC4)cnc3c2C)cc1. The van der Waals surface area contributed by atoms with Crippen LogP contribution in [0.15, 0.2) is 48.7 Å². The van der Waals surface area contributed by atoms with Crippen molar-refractivity contribution in [1.29, 1.82) is 0 Å². The molecule has 4 rings (SSSR count). The van der Waals surface area contributed by atoms with Gasteiger partial charge in [-0.15, -0.1) is 0 Å². The molecule has 6 nitrogen and oxygen atoms in total. The molecule has 0 atom stereocenters. The van der Waals surface area contributed by atoms with Gasteiger partial charge in [-0.2, -0.15) is 0 Å². The second-order valence-electron chi connectivity index (χ2n) is 8.34. The van der Waals surface area contributed by atoms with Gasteiger partial charge in [0, 0.05) is 35.8 Å². The second-order valence-corrected chi connectivity index (χ2v) is 8.34. The third-order valence-corrected chi connectivity index (χ3v) is 5.82. The van der Waals surface area contributed by atoms with Crippen LogP contribution in [0.5, 0.6) is 5.75 Å². The zero-order chi connectivity index (χ0) is 22.5. The smallest absolute Gasteiger partial charge is 0.311 e. The molecular weight excluding hydrogens is 402 g/mol. The van der Waals surface area contributed by atoms with Crippen LogP contribution in [-0.4, -0.2) is 34.8 Å². The molecule has 1 aromatic heterocycles. The Bertz CT molecular complexity index is 1120. The topological polar surface area (TPSA) is 71.5 Å². The van der Waals surface area contributed by atoms with Crippen LogP contribution in [0, 0.1) is 6.92 Å². The number of amides is 1. The van der Waals surface area contributed by atoms with Crippen molar-refractivity contribution in [3.05, 3.63) is 65.4 Å². The van der Waals surface area contributed by atoms with Crippen molar-refractivity contribution in [2.24, 2.45) is 0 Å². The maximum absolute atomic E-state index is 12.7. The predicted octanol–water partition coefficient (Wildman–Crippen LogP) is 5.10. The van der Waals surface area contributed by atoms with E-state index in [0.29, 0.717) is 17.7 Å². The summed E-state index contributed by atoms with van der Waals surface area (Å²) in [7, 11) is 0. The van der Waals surface area contributed by atoms with E-state index >= 15 is 0 Å². The summed E-state index contributed by atoms with van der Waals surface area (Å²) in [4.78, 5) is 31.5. The predicted molar refractivity (Wildman–Crippen MR) is 126 cm³/mol. The van der Waals surface area contributed by atoms with Crippen molar-refractivity contribution in [3.63, 3.8) is 0 Å². The normalized spacial score (nSPS) is 13.9. The van der Waals surface area contributed by atoms with Gasteiger partial charge in [0.25, 0.3) is 5.91 Å². The number of hydrogen-bond donors (Lipinski definition) is 1. The maximum Gasteiger partial charge on any atom is 0.311 e.